The van der Waals surface area contributed by atoms with Gasteiger partial charge in [0.15, 0.2) is 6.19 Å². The molecule has 3 rings (SSSR count). The van der Waals surface area contributed by atoms with E-state index in [0.29, 0.717) is 26.9 Å². The minimum absolute atomic E-state index is 0.0226. The highest BCUT2D eigenvalue weighted by molar-refractivity contribution is 6.42. The molecule has 3 aromatic rings. The van der Waals surface area contributed by atoms with Crippen molar-refractivity contribution in [3.8, 4) is 17.3 Å². The fourth-order valence-corrected chi connectivity index (χ4v) is 2.84. The number of carbonyl (C=O) groups excluding carboxylic acids is 1. The number of carbonyl (C=O) groups is 1. The van der Waals surface area contributed by atoms with Gasteiger partial charge in [-0.1, -0.05) is 46.9 Å². The molecule has 0 saturated heterocycles. The average molecular weight is 434 g/mol. The molecule has 0 unspecified atom stereocenters. The maximum Gasteiger partial charge on any atom is 0.275 e. The van der Waals surface area contributed by atoms with E-state index in [1.54, 1.807) is 42.6 Å². The van der Waals surface area contributed by atoms with E-state index in [1.165, 1.54) is 6.07 Å². The second-order valence-corrected chi connectivity index (χ2v) is 6.73. The molecular formula is C18H11Cl3N6O. The van der Waals surface area contributed by atoms with Gasteiger partial charge in [0.2, 0.25) is 5.95 Å². The van der Waals surface area contributed by atoms with Crippen molar-refractivity contribution in [2.75, 3.05) is 16.4 Å². The zero-order valence-electron chi connectivity index (χ0n) is 14.0. The molecule has 0 saturated carbocycles. The van der Waals surface area contributed by atoms with Crippen LogP contribution in [-0.2, 0) is 0 Å². The fraction of sp³-hybridized carbons (Fsp3) is 0. The van der Waals surface area contributed by atoms with Crippen LogP contribution in [0.25, 0.3) is 11.1 Å². The van der Waals surface area contributed by atoms with Gasteiger partial charge in [-0.15, -0.1) is 0 Å². The summed E-state index contributed by atoms with van der Waals surface area (Å²) in [7, 11) is 0. The van der Waals surface area contributed by atoms with E-state index in [0.717, 1.165) is 0 Å². The standard InChI is InChI=1S/C18H11Cl3N6O/c19-10-3-1-9(2-4-10)14-15(26-18(24-8-22)27-16(14)23)17(28)25-11-5-6-12(20)13(21)7-11/h1-7H,(H,25,28)(H3,23,24,26,27). The van der Waals surface area contributed by atoms with Crippen molar-refractivity contribution in [3.63, 3.8) is 0 Å². The number of nitrogen functional groups attached to an aromatic ring is 1. The predicted molar refractivity (Wildman–Crippen MR) is 111 cm³/mol. The van der Waals surface area contributed by atoms with Gasteiger partial charge in [-0.05, 0) is 35.9 Å². The molecule has 0 atom stereocenters. The van der Waals surface area contributed by atoms with Gasteiger partial charge in [-0.25, -0.2) is 4.98 Å². The number of hydrogen-bond acceptors (Lipinski definition) is 6. The second-order valence-electron chi connectivity index (χ2n) is 5.48. The summed E-state index contributed by atoms with van der Waals surface area (Å²) >= 11 is 17.8. The van der Waals surface area contributed by atoms with E-state index in [1.807, 2.05) is 0 Å². The number of halogens is 3. The smallest absolute Gasteiger partial charge is 0.275 e. The van der Waals surface area contributed by atoms with Crippen molar-refractivity contribution in [1.29, 1.82) is 5.26 Å². The van der Waals surface area contributed by atoms with Crippen LogP contribution in [0.15, 0.2) is 42.5 Å². The summed E-state index contributed by atoms with van der Waals surface area (Å²) < 4.78 is 0. The first-order valence-electron chi connectivity index (χ1n) is 7.74. The molecule has 0 aliphatic heterocycles. The molecule has 140 valence electrons. The number of hydrogen-bond donors (Lipinski definition) is 3. The molecule has 1 aromatic heterocycles. The Labute approximate surface area is 175 Å². The summed E-state index contributed by atoms with van der Waals surface area (Å²) in [4.78, 5) is 21.1. The third-order valence-electron chi connectivity index (χ3n) is 3.63. The van der Waals surface area contributed by atoms with Gasteiger partial charge < -0.3 is 11.1 Å². The zero-order valence-corrected chi connectivity index (χ0v) is 16.3. The largest absolute Gasteiger partial charge is 0.383 e. The first-order chi connectivity index (χ1) is 13.4. The summed E-state index contributed by atoms with van der Waals surface area (Å²) in [6.07, 6.45) is 1.70. The van der Waals surface area contributed by atoms with Gasteiger partial charge in [0.05, 0.1) is 15.6 Å². The second kappa shape index (κ2) is 8.31. The molecule has 0 aliphatic rings. The third kappa shape index (κ3) is 4.26. The Morgan fingerprint density at radius 3 is 2.39 bits per heavy atom. The van der Waals surface area contributed by atoms with Crippen LogP contribution >= 0.6 is 34.8 Å². The first kappa shape index (κ1) is 19.7. The topological polar surface area (TPSA) is 117 Å². The highest BCUT2D eigenvalue weighted by Crippen LogP contribution is 2.31. The van der Waals surface area contributed by atoms with Gasteiger partial charge in [0, 0.05) is 10.7 Å². The van der Waals surface area contributed by atoms with Gasteiger partial charge in [0.25, 0.3) is 5.91 Å². The lowest BCUT2D eigenvalue weighted by molar-refractivity contribution is 0.102. The van der Waals surface area contributed by atoms with E-state index in [2.05, 4.69) is 20.6 Å². The molecule has 0 fully saturated rings. The Kier molecular flexibility index (Phi) is 5.85. The number of aromatic nitrogens is 2. The summed E-state index contributed by atoms with van der Waals surface area (Å²) in [5, 5.41) is 14.9. The molecule has 0 radical (unpaired) electrons. The number of amides is 1. The Morgan fingerprint density at radius 1 is 1.04 bits per heavy atom. The van der Waals surface area contributed by atoms with E-state index in [4.69, 9.17) is 45.8 Å². The van der Waals surface area contributed by atoms with Crippen molar-refractivity contribution in [3.05, 3.63) is 63.2 Å². The third-order valence-corrected chi connectivity index (χ3v) is 4.62. The SMILES string of the molecule is N#CNc1nc(N)c(-c2ccc(Cl)cc2)c(C(=O)Nc2ccc(Cl)c(Cl)c2)n1. The molecule has 0 aliphatic carbocycles. The maximum atomic E-state index is 12.9. The minimum atomic E-state index is -0.571. The van der Waals surface area contributed by atoms with Gasteiger partial charge >= 0.3 is 0 Å². The van der Waals surface area contributed by atoms with E-state index >= 15 is 0 Å². The molecule has 4 N–H and O–H groups in total. The van der Waals surface area contributed by atoms with E-state index in [-0.39, 0.29) is 22.5 Å². The molecule has 0 spiro atoms. The number of nitriles is 1. The highest BCUT2D eigenvalue weighted by atomic mass is 35.5. The summed E-state index contributed by atoms with van der Waals surface area (Å²) in [5.74, 6) is -0.648. The highest BCUT2D eigenvalue weighted by Gasteiger charge is 2.21. The fourth-order valence-electron chi connectivity index (χ4n) is 2.41. The zero-order chi connectivity index (χ0) is 20.3. The van der Waals surface area contributed by atoms with Crippen LogP contribution in [-0.4, -0.2) is 15.9 Å². The van der Waals surface area contributed by atoms with Crippen LogP contribution in [0, 0.1) is 11.5 Å². The molecule has 1 heterocycles. The number of nitrogens with zero attached hydrogens (tertiary/aromatic N) is 3. The Hall–Kier alpha value is -3.05. The van der Waals surface area contributed by atoms with Crippen molar-refractivity contribution in [2.45, 2.75) is 0 Å². The number of anilines is 3. The Bertz CT molecular complexity index is 1100. The summed E-state index contributed by atoms with van der Waals surface area (Å²) in [6, 6.07) is 11.3. The van der Waals surface area contributed by atoms with E-state index < -0.39 is 5.91 Å². The van der Waals surface area contributed by atoms with Crippen molar-refractivity contribution < 1.29 is 4.79 Å². The van der Waals surface area contributed by atoms with Crippen LogP contribution < -0.4 is 16.4 Å². The molecule has 0 bridgehead atoms. The lowest BCUT2D eigenvalue weighted by atomic mass is 10.0. The number of benzene rings is 2. The average Bonchev–Trinajstić information content (AvgIpc) is 2.65. The Balaban J connectivity index is 2.08. The monoisotopic (exact) mass is 432 g/mol. The minimum Gasteiger partial charge on any atom is -0.383 e. The van der Waals surface area contributed by atoms with Crippen LogP contribution in [0.4, 0.5) is 17.5 Å². The first-order valence-corrected chi connectivity index (χ1v) is 8.87. The van der Waals surface area contributed by atoms with Crippen LogP contribution in [0.3, 0.4) is 0 Å². The molecule has 10 heteroatoms. The summed E-state index contributed by atoms with van der Waals surface area (Å²) in [6.45, 7) is 0. The number of rotatable bonds is 4. The van der Waals surface area contributed by atoms with Crippen molar-refractivity contribution in [1.82, 2.24) is 9.97 Å². The van der Waals surface area contributed by atoms with Gasteiger partial charge in [0.1, 0.15) is 11.5 Å². The van der Waals surface area contributed by atoms with Crippen LogP contribution in [0.2, 0.25) is 15.1 Å². The maximum absolute atomic E-state index is 12.9. The number of nitrogens with two attached hydrogens (primary N) is 1. The Morgan fingerprint density at radius 2 is 1.75 bits per heavy atom. The van der Waals surface area contributed by atoms with Crippen molar-refractivity contribution >= 4 is 58.2 Å². The normalized spacial score (nSPS) is 10.2. The quantitative estimate of drug-likeness (QED) is 0.401. The van der Waals surface area contributed by atoms with Crippen molar-refractivity contribution in [2.24, 2.45) is 0 Å². The molecule has 28 heavy (non-hydrogen) atoms. The van der Waals surface area contributed by atoms with Crippen LogP contribution in [0.1, 0.15) is 10.5 Å². The van der Waals surface area contributed by atoms with Gasteiger partial charge in [-0.3, -0.25) is 10.1 Å². The summed E-state index contributed by atoms with van der Waals surface area (Å²) in [5.41, 5.74) is 7.32. The van der Waals surface area contributed by atoms with E-state index in [9.17, 15) is 4.79 Å². The molecule has 1 amide bonds. The molecular weight excluding hydrogens is 423 g/mol. The molecule has 2 aromatic carbocycles. The number of nitrogens with one attached hydrogen (secondary N) is 2. The lowest BCUT2D eigenvalue weighted by Crippen LogP contribution is -2.18. The molecule has 7 nitrogen and oxygen atoms in total. The van der Waals surface area contributed by atoms with Crippen LogP contribution in [0.5, 0.6) is 0 Å². The van der Waals surface area contributed by atoms with Gasteiger partial charge in [-0.2, -0.15) is 10.2 Å². The predicted octanol–water partition coefficient (Wildman–Crippen LogP) is 4.83. The lowest BCUT2D eigenvalue weighted by Gasteiger charge is -2.13.